The Morgan fingerprint density at radius 3 is 2.28 bits per heavy atom. The molecule has 1 rings (SSSR count). The molecule has 1 aromatic rings. The lowest BCUT2D eigenvalue weighted by Gasteiger charge is -2.21. The van der Waals surface area contributed by atoms with E-state index >= 15 is 0 Å². The van der Waals surface area contributed by atoms with E-state index in [9.17, 15) is 0 Å². The molecule has 102 valence electrons. The van der Waals surface area contributed by atoms with Crippen LogP contribution in [0, 0.1) is 0 Å². The Labute approximate surface area is 116 Å². The highest BCUT2D eigenvalue weighted by Gasteiger charge is 2.09. The number of nitrogens with one attached hydrogen (secondary N) is 1. The first-order valence-corrected chi connectivity index (χ1v) is 7.96. The number of nitrogens with zero attached hydrogens (tertiary/aromatic N) is 1. The molecule has 1 N–H and O–H groups in total. The molecule has 3 heteroatoms. The van der Waals surface area contributed by atoms with Crippen LogP contribution in [0.2, 0.25) is 0 Å². The van der Waals surface area contributed by atoms with Crippen LogP contribution in [0.15, 0.2) is 24.3 Å². The number of thioether (sulfide) groups is 1. The third kappa shape index (κ3) is 4.91. The molecule has 0 aliphatic carbocycles. The van der Waals surface area contributed by atoms with Gasteiger partial charge in [-0.1, -0.05) is 12.1 Å². The maximum absolute atomic E-state index is 3.65. The molecule has 2 nitrogen and oxygen atoms in total. The Morgan fingerprint density at radius 1 is 1.17 bits per heavy atom. The van der Waals surface area contributed by atoms with Gasteiger partial charge in [-0.3, -0.25) is 0 Å². The van der Waals surface area contributed by atoms with Gasteiger partial charge in [0.1, 0.15) is 0 Å². The number of rotatable bonds is 7. The van der Waals surface area contributed by atoms with E-state index in [-0.39, 0.29) is 0 Å². The Hall–Kier alpha value is -0.670. The molecule has 0 bridgehead atoms. The fourth-order valence-corrected chi connectivity index (χ4v) is 2.55. The average molecular weight is 266 g/mol. The van der Waals surface area contributed by atoms with Gasteiger partial charge in [0, 0.05) is 31.9 Å². The van der Waals surface area contributed by atoms with Crippen LogP contribution in [0.3, 0.4) is 0 Å². The molecule has 0 saturated carbocycles. The maximum atomic E-state index is 3.65. The molecular weight excluding hydrogens is 240 g/mol. The number of hydrogen-bond donors (Lipinski definition) is 1. The first kappa shape index (κ1) is 15.4. The minimum Gasteiger partial charge on any atom is -0.378 e. The Morgan fingerprint density at radius 2 is 1.78 bits per heavy atom. The molecule has 0 amide bonds. The first-order valence-electron chi connectivity index (χ1n) is 6.57. The fraction of sp³-hybridized carbons (Fsp3) is 0.600. The largest absolute Gasteiger partial charge is 0.378 e. The summed E-state index contributed by atoms with van der Waals surface area (Å²) in [7, 11) is 4.14. The van der Waals surface area contributed by atoms with Crippen molar-refractivity contribution in [3.8, 4) is 0 Å². The van der Waals surface area contributed by atoms with E-state index in [1.165, 1.54) is 23.4 Å². The summed E-state index contributed by atoms with van der Waals surface area (Å²) in [5, 5.41) is 3.65. The smallest absolute Gasteiger partial charge is 0.0361 e. The summed E-state index contributed by atoms with van der Waals surface area (Å²) in [6.45, 7) is 4.50. The van der Waals surface area contributed by atoms with Gasteiger partial charge in [0.2, 0.25) is 0 Å². The third-order valence-electron chi connectivity index (χ3n) is 3.20. The van der Waals surface area contributed by atoms with Crippen molar-refractivity contribution in [3.05, 3.63) is 29.8 Å². The van der Waals surface area contributed by atoms with Gasteiger partial charge < -0.3 is 10.2 Å². The van der Waals surface area contributed by atoms with Crippen LogP contribution >= 0.6 is 11.8 Å². The molecule has 2 atom stereocenters. The average Bonchev–Trinajstić information content (AvgIpc) is 2.36. The molecule has 0 heterocycles. The highest BCUT2D eigenvalue weighted by atomic mass is 32.2. The molecule has 18 heavy (non-hydrogen) atoms. The van der Waals surface area contributed by atoms with Crippen LogP contribution in [0.4, 0.5) is 5.69 Å². The van der Waals surface area contributed by atoms with E-state index in [0.717, 1.165) is 0 Å². The van der Waals surface area contributed by atoms with Gasteiger partial charge in [-0.15, -0.1) is 0 Å². The number of benzene rings is 1. The summed E-state index contributed by atoms with van der Waals surface area (Å²) < 4.78 is 0. The van der Waals surface area contributed by atoms with Crippen LogP contribution in [-0.2, 0) is 0 Å². The summed E-state index contributed by atoms with van der Waals surface area (Å²) in [6.07, 6.45) is 3.39. The van der Waals surface area contributed by atoms with Crippen LogP contribution in [0.25, 0.3) is 0 Å². The topological polar surface area (TPSA) is 15.3 Å². The van der Waals surface area contributed by atoms with Crippen molar-refractivity contribution >= 4 is 17.4 Å². The molecule has 0 fully saturated rings. The van der Waals surface area contributed by atoms with Crippen LogP contribution in [-0.4, -0.2) is 32.1 Å². The van der Waals surface area contributed by atoms with E-state index in [2.05, 4.69) is 68.7 Å². The molecule has 0 saturated heterocycles. The Bertz CT molecular complexity index is 335. The molecule has 0 aliphatic heterocycles. The lowest BCUT2D eigenvalue weighted by atomic mass is 10.1. The highest BCUT2D eigenvalue weighted by Crippen LogP contribution is 2.18. The van der Waals surface area contributed by atoms with Gasteiger partial charge in [-0.05, 0) is 50.0 Å². The van der Waals surface area contributed by atoms with Crippen LogP contribution in [0.5, 0.6) is 0 Å². The second-order valence-electron chi connectivity index (χ2n) is 5.06. The normalized spacial score (nSPS) is 14.3. The van der Waals surface area contributed by atoms with Gasteiger partial charge in [0.25, 0.3) is 0 Å². The summed E-state index contributed by atoms with van der Waals surface area (Å²) in [5.41, 5.74) is 2.61. The van der Waals surface area contributed by atoms with Gasteiger partial charge in [-0.2, -0.15) is 11.8 Å². The minimum atomic E-state index is 0.415. The van der Waals surface area contributed by atoms with Crippen LogP contribution in [0.1, 0.15) is 31.9 Å². The van der Waals surface area contributed by atoms with Crippen LogP contribution < -0.4 is 10.2 Å². The second-order valence-corrected chi connectivity index (χ2v) is 6.04. The van der Waals surface area contributed by atoms with Crippen molar-refractivity contribution in [3.63, 3.8) is 0 Å². The quantitative estimate of drug-likeness (QED) is 0.812. The van der Waals surface area contributed by atoms with Gasteiger partial charge in [-0.25, -0.2) is 0 Å². The molecule has 1 aromatic carbocycles. The van der Waals surface area contributed by atoms with E-state index in [0.29, 0.717) is 12.1 Å². The molecule has 0 aromatic heterocycles. The number of hydrogen-bond acceptors (Lipinski definition) is 3. The first-order chi connectivity index (χ1) is 8.54. The van der Waals surface area contributed by atoms with Crippen molar-refractivity contribution in [2.75, 3.05) is 31.0 Å². The van der Waals surface area contributed by atoms with Crippen molar-refractivity contribution in [1.29, 1.82) is 0 Å². The monoisotopic (exact) mass is 266 g/mol. The summed E-state index contributed by atoms with van der Waals surface area (Å²) >= 11 is 1.91. The van der Waals surface area contributed by atoms with Gasteiger partial charge in [0.05, 0.1) is 0 Å². The van der Waals surface area contributed by atoms with E-state index in [4.69, 9.17) is 0 Å². The minimum absolute atomic E-state index is 0.415. The third-order valence-corrected chi connectivity index (χ3v) is 3.84. The SMILES string of the molecule is CSCCC(C)NC(C)c1ccc(N(C)C)cc1. The zero-order chi connectivity index (χ0) is 13.5. The second kappa shape index (κ2) is 7.70. The predicted octanol–water partition coefficient (Wildman–Crippen LogP) is 3.54. The predicted molar refractivity (Wildman–Crippen MR) is 84.8 cm³/mol. The number of anilines is 1. The highest BCUT2D eigenvalue weighted by molar-refractivity contribution is 7.98. The lowest BCUT2D eigenvalue weighted by molar-refractivity contribution is 0.472. The maximum Gasteiger partial charge on any atom is 0.0361 e. The summed E-state index contributed by atoms with van der Waals surface area (Å²) in [5.74, 6) is 1.22. The summed E-state index contributed by atoms with van der Waals surface area (Å²) in [6, 6.07) is 9.78. The van der Waals surface area contributed by atoms with E-state index in [1.54, 1.807) is 0 Å². The van der Waals surface area contributed by atoms with Crippen molar-refractivity contribution < 1.29 is 0 Å². The molecule has 2 unspecified atom stereocenters. The van der Waals surface area contributed by atoms with Gasteiger partial charge in [0.15, 0.2) is 0 Å². The van der Waals surface area contributed by atoms with Crippen molar-refractivity contribution in [2.24, 2.45) is 0 Å². The summed E-state index contributed by atoms with van der Waals surface area (Å²) in [4.78, 5) is 2.13. The Balaban J connectivity index is 2.53. The van der Waals surface area contributed by atoms with E-state index < -0.39 is 0 Å². The standard InChI is InChI=1S/C15H26N2S/c1-12(10-11-18-5)16-13(2)14-6-8-15(9-7-14)17(3)4/h6-9,12-13,16H,10-11H2,1-5H3. The zero-order valence-electron chi connectivity index (χ0n) is 12.2. The molecule has 0 radical (unpaired) electrons. The molecule has 0 aliphatic rings. The molecular formula is C15H26N2S. The lowest BCUT2D eigenvalue weighted by Crippen LogP contribution is -2.29. The van der Waals surface area contributed by atoms with Crippen molar-refractivity contribution in [1.82, 2.24) is 5.32 Å². The molecule has 0 spiro atoms. The fourth-order valence-electron chi connectivity index (χ4n) is 1.96. The Kier molecular flexibility index (Phi) is 6.58. The zero-order valence-corrected chi connectivity index (χ0v) is 13.1. The van der Waals surface area contributed by atoms with Crippen molar-refractivity contribution in [2.45, 2.75) is 32.4 Å². The van der Waals surface area contributed by atoms with E-state index in [1.807, 2.05) is 11.8 Å². The van der Waals surface area contributed by atoms with Gasteiger partial charge >= 0.3 is 0 Å².